The molecule has 3 heteroatoms. The summed E-state index contributed by atoms with van der Waals surface area (Å²) in [5.41, 5.74) is 2.23. The number of anilines is 1. The van der Waals surface area contributed by atoms with Crippen LogP contribution in [0.5, 0.6) is 0 Å². The van der Waals surface area contributed by atoms with Crippen LogP contribution >= 0.6 is 0 Å². The Labute approximate surface area is 133 Å². The SMILES string of the molecule is C[C@@H](c1ccccc1)[C@H](CNc1ccccc1)C(=O)N(C)C. The van der Waals surface area contributed by atoms with Crippen LogP contribution in [0.25, 0.3) is 0 Å². The highest BCUT2D eigenvalue weighted by Crippen LogP contribution is 2.26. The minimum atomic E-state index is -0.0994. The number of nitrogens with zero attached hydrogens (tertiary/aromatic N) is 1. The Bertz CT molecular complexity index is 581. The fourth-order valence-electron chi connectivity index (χ4n) is 2.58. The number of carbonyl (C=O) groups excluding carboxylic acids is 1. The van der Waals surface area contributed by atoms with Crippen LogP contribution in [-0.4, -0.2) is 31.4 Å². The molecule has 0 heterocycles. The normalized spacial score (nSPS) is 13.2. The van der Waals surface area contributed by atoms with Gasteiger partial charge in [0.15, 0.2) is 0 Å². The lowest BCUT2D eigenvalue weighted by Gasteiger charge is -2.27. The molecule has 2 aromatic carbocycles. The molecule has 0 aliphatic rings. The van der Waals surface area contributed by atoms with E-state index in [0.717, 1.165) is 5.69 Å². The third-order valence-corrected chi connectivity index (χ3v) is 3.99. The molecule has 22 heavy (non-hydrogen) atoms. The molecular weight excluding hydrogens is 272 g/mol. The van der Waals surface area contributed by atoms with E-state index in [1.54, 1.807) is 4.90 Å². The van der Waals surface area contributed by atoms with Gasteiger partial charge in [0.05, 0.1) is 5.92 Å². The van der Waals surface area contributed by atoms with Gasteiger partial charge in [-0.15, -0.1) is 0 Å². The van der Waals surface area contributed by atoms with Gasteiger partial charge in [0.1, 0.15) is 0 Å². The average molecular weight is 296 g/mol. The minimum Gasteiger partial charge on any atom is -0.384 e. The van der Waals surface area contributed by atoms with Crippen LogP contribution in [0.1, 0.15) is 18.4 Å². The smallest absolute Gasteiger partial charge is 0.227 e. The summed E-state index contributed by atoms with van der Waals surface area (Å²) in [5.74, 6) is 0.213. The maximum absolute atomic E-state index is 12.6. The van der Waals surface area contributed by atoms with Gasteiger partial charge in [-0.1, -0.05) is 55.5 Å². The standard InChI is InChI=1S/C19H24N2O/c1-15(16-10-6-4-7-11-16)18(19(22)21(2)3)14-20-17-12-8-5-9-13-17/h4-13,15,18,20H,14H2,1-3H3/t15-,18-/m0/s1. The zero-order valence-electron chi connectivity index (χ0n) is 13.5. The zero-order valence-corrected chi connectivity index (χ0v) is 13.5. The van der Waals surface area contributed by atoms with E-state index in [0.29, 0.717) is 6.54 Å². The first kappa shape index (κ1) is 16.1. The van der Waals surface area contributed by atoms with Crippen molar-refractivity contribution in [3.63, 3.8) is 0 Å². The molecule has 0 aliphatic carbocycles. The average Bonchev–Trinajstić information content (AvgIpc) is 2.56. The van der Waals surface area contributed by atoms with Gasteiger partial charge in [0.25, 0.3) is 0 Å². The molecular formula is C19H24N2O. The third kappa shape index (κ3) is 4.10. The molecule has 0 bridgehead atoms. The van der Waals surface area contributed by atoms with Crippen LogP contribution in [0.4, 0.5) is 5.69 Å². The van der Waals surface area contributed by atoms with Gasteiger partial charge in [-0.3, -0.25) is 4.79 Å². The van der Waals surface area contributed by atoms with Crippen LogP contribution in [-0.2, 0) is 4.79 Å². The van der Waals surface area contributed by atoms with Crippen molar-refractivity contribution in [2.45, 2.75) is 12.8 Å². The lowest BCUT2D eigenvalue weighted by atomic mass is 9.86. The molecule has 2 aromatic rings. The lowest BCUT2D eigenvalue weighted by molar-refractivity contribution is -0.133. The first-order valence-corrected chi connectivity index (χ1v) is 7.64. The van der Waals surface area contributed by atoms with Crippen LogP contribution in [0.3, 0.4) is 0 Å². The maximum Gasteiger partial charge on any atom is 0.227 e. The van der Waals surface area contributed by atoms with Crippen molar-refractivity contribution in [2.24, 2.45) is 5.92 Å². The molecule has 116 valence electrons. The fourth-order valence-corrected chi connectivity index (χ4v) is 2.58. The fraction of sp³-hybridized carbons (Fsp3) is 0.316. The second-order valence-corrected chi connectivity index (χ2v) is 5.79. The molecule has 3 nitrogen and oxygen atoms in total. The van der Waals surface area contributed by atoms with E-state index in [1.807, 2.05) is 62.6 Å². The predicted octanol–water partition coefficient (Wildman–Crippen LogP) is 3.61. The molecule has 0 saturated carbocycles. The van der Waals surface area contributed by atoms with Gasteiger partial charge >= 0.3 is 0 Å². The lowest BCUT2D eigenvalue weighted by Crippen LogP contribution is -2.36. The minimum absolute atomic E-state index is 0.0994. The number of benzene rings is 2. The molecule has 1 N–H and O–H groups in total. The Balaban J connectivity index is 2.14. The molecule has 0 unspecified atom stereocenters. The summed E-state index contributed by atoms with van der Waals surface area (Å²) in [6.07, 6.45) is 0. The number of para-hydroxylation sites is 1. The van der Waals surface area contributed by atoms with Crippen LogP contribution < -0.4 is 5.32 Å². The van der Waals surface area contributed by atoms with Gasteiger partial charge in [0, 0.05) is 26.3 Å². The molecule has 0 fully saturated rings. The van der Waals surface area contributed by atoms with Crippen molar-refractivity contribution < 1.29 is 4.79 Å². The van der Waals surface area contributed by atoms with Crippen LogP contribution in [0.15, 0.2) is 60.7 Å². The Kier molecular flexibility index (Phi) is 5.59. The van der Waals surface area contributed by atoms with E-state index < -0.39 is 0 Å². The Morgan fingerprint density at radius 1 is 1.00 bits per heavy atom. The topological polar surface area (TPSA) is 32.3 Å². The summed E-state index contributed by atoms with van der Waals surface area (Å²) in [4.78, 5) is 14.2. The van der Waals surface area contributed by atoms with Crippen molar-refractivity contribution >= 4 is 11.6 Å². The van der Waals surface area contributed by atoms with Crippen molar-refractivity contribution in [1.82, 2.24) is 4.90 Å². The van der Waals surface area contributed by atoms with Gasteiger partial charge < -0.3 is 10.2 Å². The summed E-state index contributed by atoms with van der Waals surface area (Å²) < 4.78 is 0. The third-order valence-electron chi connectivity index (χ3n) is 3.99. The second-order valence-electron chi connectivity index (χ2n) is 5.79. The monoisotopic (exact) mass is 296 g/mol. The molecule has 2 rings (SSSR count). The van der Waals surface area contributed by atoms with Crippen LogP contribution in [0, 0.1) is 5.92 Å². The summed E-state index contributed by atoms with van der Waals surface area (Å²) in [6.45, 7) is 2.74. The maximum atomic E-state index is 12.6. The molecule has 0 aromatic heterocycles. The second kappa shape index (κ2) is 7.64. The van der Waals surface area contributed by atoms with Crippen molar-refractivity contribution in [3.05, 3.63) is 66.2 Å². The van der Waals surface area contributed by atoms with E-state index in [4.69, 9.17) is 0 Å². The highest BCUT2D eigenvalue weighted by atomic mass is 16.2. The van der Waals surface area contributed by atoms with Gasteiger partial charge in [-0.2, -0.15) is 0 Å². The van der Waals surface area contributed by atoms with E-state index >= 15 is 0 Å². The molecule has 2 atom stereocenters. The molecule has 0 saturated heterocycles. The van der Waals surface area contributed by atoms with E-state index in [1.165, 1.54) is 5.56 Å². The first-order valence-electron chi connectivity index (χ1n) is 7.64. The van der Waals surface area contributed by atoms with Crippen molar-refractivity contribution in [1.29, 1.82) is 0 Å². The van der Waals surface area contributed by atoms with E-state index in [9.17, 15) is 4.79 Å². The summed E-state index contributed by atoms with van der Waals surface area (Å²) in [7, 11) is 3.63. The Hall–Kier alpha value is -2.29. The Morgan fingerprint density at radius 2 is 1.55 bits per heavy atom. The number of nitrogens with one attached hydrogen (secondary N) is 1. The van der Waals surface area contributed by atoms with Crippen molar-refractivity contribution in [3.8, 4) is 0 Å². The number of rotatable bonds is 6. The summed E-state index contributed by atoms with van der Waals surface area (Å²) in [5, 5.41) is 3.38. The number of carbonyl (C=O) groups is 1. The largest absolute Gasteiger partial charge is 0.384 e. The van der Waals surface area contributed by atoms with E-state index in [2.05, 4.69) is 24.4 Å². The molecule has 0 aliphatic heterocycles. The predicted molar refractivity (Wildman–Crippen MR) is 92.0 cm³/mol. The molecule has 1 amide bonds. The zero-order chi connectivity index (χ0) is 15.9. The summed E-state index contributed by atoms with van der Waals surface area (Å²) >= 11 is 0. The number of hydrogen-bond acceptors (Lipinski definition) is 2. The quantitative estimate of drug-likeness (QED) is 0.883. The molecule has 0 radical (unpaired) electrons. The highest BCUT2D eigenvalue weighted by molar-refractivity contribution is 5.80. The van der Waals surface area contributed by atoms with Gasteiger partial charge in [0.2, 0.25) is 5.91 Å². The highest BCUT2D eigenvalue weighted by Gasteiger charge is 2.27. The van der Waals surface area contributed by atoms with Gasteiger partial charge in [-0.05, 0) is 23.6 Å². The van der Waals surface area contributed by atoms with Gasteiger partial charge in [-0.25, -0.2) is 0 Å². The number of amides is 1. The Morgan fingerprint density at radius 3 is 2.09 bits per heavy atom. The van der Waals surface area contributed by atoms with Crippen LogP contribution in [0.2, 0.25) is 0 Å². The van der Waals surface area contributed by atoms with E-state index in [-0.39, 0.29) is 17.7 Å². The first-order chi connectivity index (χ1) is 10.6. The summed E-state index contributed by atoms with van der Waals surface area (Å²) in [6, 6.07) is 20.2. The van der Waals surface area contributed by atoms with Crippen molar-refractivity contribution in [2.75, 3.05) is 26.0 Å². The molecule has 0 spiro atoms. The number of hydrogen-bond donors (Lipinski definition) is 1.